The average Bonchev–Trinajstić information content (AvgIpc) is 2.66. The molecule has 0 spiro atoms. The number of rotatable bonds is 3. The fraction of sp³-hybridized carbons (Fsp3) is 0.231. The maximum Gasteiger partial charge on any atom is 0.340 e. The van der Waals surface area contributed by atoms with Gasteiger partial charge >= 0.3 is 5.97 Å². The molecule has 0 amide bonds. The van der Waals surface area contributed by atoms with Crippen molar-refractivity contribution in [2.24, 2.45) is 0 Å². The third-order valence-corrected chi connectivity index (χ3v) is 2.73. The van der Waals surface area contributed by atoms with Crippen molar-refractivity contribution in [1.82, 2.24) is 9.78 Å². The van der Waals surface area contributed by atoms with E-state index in [1.165, 1.54) is 17.9 Å². The van der Waals surface area contributed by atoms with Gasteiger partial charge in [0.2, 0.25) is 0 Å². The number of carboxylic acid groups (broad SMARTS) is 1. The monoisotopic (exact) mass is 264 g/mol. The van der Waals surface area contributed by atoms with Crippen LogP contribution < -0.4 is 4.74 Å². The fourth-order valence-electron chi connectivity index (χ4n) is 1.94. The van der Waals surface area contributed by atoms with Crippen molar-refractivity contribution < 1.29 is 19.0 Å². The molecule has 0 aliphatic rings. The maximum atomic E-state index is 13.9. The Balaban J connectivity index is 2.76. The fourth-order valence-corrected chi connectivity index (χ4v) is 1.94. The lowest BCUT2D eigenvalue weighted by Gasteiger charge is -2.11. The second-order valence-electron chi connectivity index (χ2n) is 4.15. The van der Waals surface area contributed by atoms with Gasteiger partial charge in [0.25, 0.3) is 0 Å². The number of hydrogen-bond acceptors (Lipinski definition) is 3. The predicted molar refractivity (Wildman–Crippen MR) is 66.5 cm³/mol. The Labute approximate surface area is 109 Å². The summed E-state index contributed by atoms with van der Waals surface area (Å²) in [5.41, 5.74) is 1.16. The molecule has 2 aromatic rings. The molecule has 1 aromatic heterocycles. The van der Waals surface area contributed by atoms with Crippen molar-refractivity contribution >= 4 is 5.97 Å². The van der Waals surface area contributed by atoms with Crippen LogP contribution in [0, 0.1) is 19.7 Å². The van der Waals surface area contributed by atoms with E-state index in [-0.39, 0.29) is 11.4 Å². The highest BCUT2D eigenvalue weighted by molar-refractivity contribution is 5.92. The molecule has 0 fully saturated rings. The van der Waals surface area contributed by atoms with E-state index in [2.05, 4.69) is 5.10 Å². The minimum atomic E-state index is -1.34. The summed E-state index contributed by atoms with van der Waals surface area (Å²) in [6, 6.07) is 4.27. The molecule has 100 valence electrons. The van der Waals surface area contributed by atoms with Gasteiger partial charge < -0.3 is 9.84 Å². The Hall–Kier alpha value is -2.37. The van der Waals surface area contributed by atoms with Crippen molar-refractivity contribution in [2.75, 3.05) is 7.11 Å². The Bertz CT molecular complexity index is 650. The maximum absolute atomic E-state index is 13.9. The van der Waals surface area contributed by atoms with Crippen LogP contribution in [0.25, 0.3) is 5.69 Å². The molecular weight excluding hydrogens is 251 g/mol. The standard InChI is InChI=1S/C13H13FN2O3/c1-7-4-8(2)16(15-7)11-6-9(19-3)5-10(14)12(11)13(17)18/h4-6H,1-3H3,(H,17,18). The quantitative estimate of drug-likeness (QED) is 0.924. The zero-order valence-corrected chi connectivity index (χ0v) is 10.8. The summed E-state index contributed by atoms with van der Waals surface area (Å²) in [7, 11) is 1.39. The second kappa shape index (κ2) is 4.72. The first-order valence-electron chi connectivity index (χ1n) is 5.58. The van der Waals surface area contributed by atoms with Crippen LogP contribution in [0.3, 0.4) is 0 Å². The molecule has 0 saturated carbocycles. The van der Waals surface area contributed by atoms with Crippen molar-refractivity contribution in [3.63, 3.8) is 0 Å². The van der Waals surface area contributed by atoms with Crippen LogP contribution in [-0.4, -0.2) is 28.0 Å². The highest BCUT2D eigenvalue weighted by Crippen LogP contribution is 2.25. The van der Waals surface area contributed by atoms with Gasteiger partial charge in [-0.2, -0.15) is 5.10 Å². The summed E-state index contributed by atoms with van der Waals surface area (Å²) in [6.07, 6.45) is 0. The highest BCUT2D eigenvalue weighted by Gasteiger charge is 2.21. The third-order valence-electron chi connectivity index (χ3n) is 2.73. The van der Waals surface area contributed by atoms with Gasteiger partial charge in [-0.05, 0) is 19.9 Å². The lowest BCUT2D eigenvalue weighted by molar-refractivity contribution is 0.0691. The van der Waals surface area contributed by atoms with E-state index in [0.717, 1.165) is 11.8 Å². The molecule has 19 heavy (non-hydrogen) atoms. The van der Waals surface area contributed by atoms with Crippen molar-refractivity contribution in [2.45, 2.75) is 13.8 Å². The summed E-state index contributed by atoms with van der Waals surface area (Å²) < 4.78 is 20.2. The number of aromatic carboxylic acids is 1. The van der Waals surface area contributed by atoms with Crippen LogP contribution in [0.4, 0.5) is 4.39 Å². The van der Waals surface area contributed by atoms with E-state index in [1.807, 2.05) is 0 Å². The van der Waals surface area contributed by atoms with Gasteiger partial charge in [0, 0.05) is 17.8 Å². The topological polar surface area (TPSA) is 64.3 Å². The Morgan fingerprint density at radius 1 is 1.37 bits per heavy atom. The molecule has 0 radical (unpaired) electrons. The molecule has 1 aromatic carbocycles. The van der Waals surface area contributed by atoms with Crippen LogP contribution >= 0.6 is 0 Å². The largest absolute Gasteiger partial charge is 0.497 e. The normalized spacial score (nSPS) is 10.5. The molecule has 0 saturated heterocycles. The van der Waals surface area contributed by atoms with Crippen LogP contribution in [0.5, 0.6) is 5.75 Å². The van der Waals surface area contributed by atoms with Gasteiger partial charge in [-0.1, -0.05) is 0 Å². The molecular formula is C13H13FN2O3. The lowest BCUT2D eigenvalue weighted by Crippen LogP contribution is -2.11. The Morgan fingerprint density at radius 3 is 2.53 bits per heavy atom. The first kappa shape index (κ1) is 13.1. The molecule has 0 unspecified atom stereocenters. The zero-order valence-electron chi connectivity index (χ0n) is 10.8. The molecule has 1 heterocycles. The second-order valence-corrected chi connectivity index (χ2v) is 4.15. The first-order valence-corrected chi connectivity index (χ1v) is 5.58. The van der Waals surface area contributed by atoms with Gasteiger partial charge in [0.1, 0.15) is 17.1 Å². The molecule has 0 aliphatic carbocycles. The average molecular weight is 264 g/mol. The SMILES string of the molecule is COc1cc(F)c(C(=O)O)c(-n2nc(C)cc2C)c1. The minimum absolute atomic E-state index is 0.148. The third kappa shape index (κ3) is 2.29. The smallest absolute Gasteiger partial charge is 0.340 e. The molecule has 6 heteroatoms. The van der Waals surface area contributed by atoms with E-state index in [9.17, 15) is 9.18 Å². The van der Waals surface area contributed by atoms with Crippen LogP contribution in [-0.2, 0) is 0 Å². The Kier molecular flexibility index (Phi) is 3.25. The van der Waals surface area contributed by atoms with Gasteiger partial charge in [-0.25, -0.2) is 13.9 Å². The molecule has 2 rings (SSSR count). The number of ether oxygens (including phenoxy) is 1. The number of hydrogen-bond donors (Lipinski definition) is 1. The number of halogens is 1. The number of carbonyl (C=O) groups is 1. The number of aryl methyl sites for hydroxylation is 2. The number of methoxy groups -OCH3 is 1. The van der Waals surface area contributed by atoms with E-state index in [4.69, 9.17) is 9.84 Å². The predicted octanol–water partition coefficient (Wildman–Crippen LogP) is 2.34. The summed E-state index contributed by atoms with van der Waals surface area (Å²) in [5.74, 6) is -1.96. The summed E-state index contributed by atoms with van der Waals surface area (Å²) >= 11 is 0. The van der Waals surface area contributed by atoms with Crippen molar-refractivity contribution in [3.8, 4) is 11.4 Å². The number of carboxylic acids is 1. The van der Waals surface area contributed by atoms with E-state index in [1.54, 1.807) is 19.9 Å². The number of aromatic nitrogens is 2. The molecule has 0 aliphatic heterocycles. The first-order chi connectivity index (χ1) is 8.93. The van der Waals surface area contributed by atoms with Gasteiger partial charge in [-0.15, -0.1) is 0 Å². The Morgan fingerprint density at radius 2 is 2.05 bits per heavy atom. The van der Waals surface area contributed by atoms with Crippen molar-refractivity contribution in [3.05, 3.63) is 41.0 Å². The molecule has 0 atom stereocenters. The molecule has 0 bridgehead atoms. The van der Waals surface area contributed by atoms with E-state index >= 15 is 0 Å². The summed E-state index contributed by atoms with van der Waals surface area (Å²) in [6.45, 7) is 3.55. The van der Waals surface area contributed by atoms with Crippen LogP contribution in [0.15, 0.2) is 18.2 Å². The van der Waals surface area contributed by atoms with E-state index in [0.29, 0.717) is 5.69 Å². The number of nitrogens with zero attached hydrogens (tertiary/aromatic N) is 2. The number of benzene rings is 1. The highest BCUT2D eigenvalue weighted by atomic mass is 19.1. The van der Waals surface area contributed by atoms with Gasteiger partial charge in [-0.3, -0.25) is 0 Å². The zero-order chi connectivity index (χ0) is 14.2. The molecule has 1 N–H and O–H groups in total. The van der Waals surface area contributed by atoms with Crippen LogP contribution in [0.2, 0.25) is 0 Å². The van der Waals surface area contributed by atoms with Crippen molar-refractivity contribution in [1.29, 1.82) is 0 Å². The van der Waals surface area contributed by atoms with E-state index < -0.39 is 17.3 Å². The summed E-state index contributed by atoms with van der Waals surface area (Å²) in [5, 5.41) is 13.3. The van der Waals surface area contributed by atoms with Gasteiger partial charge in [0.15, 0.2) is 0 Å². The minimum Gasteiger partial charge on any atom is -0.497 e. The lowest BCUT2D eigenvalue weighted by atomic mass is 10.1. The van der Waals surface area contributed by atoms with Gasteiger partial charge in [0.05, 0.1) is 18.5 Å². The van der Waals surface area contributed by atoms with Crippen LogP contribution in [0.1, 0.15) is 21.7 Å². The molecule has 5 nitrogen and oxygen atoms in total. The summed E-state index contributed by atoms with van der Waals surface area (Å²) in [4.78, 5) is 11.2.